The number of benzene rings is 1. The van der Waals surface area contributed by atoms with E-state index in [4.69, 9.17) is 4.74 Å². The lowest BCUT2D eigenvalue weighted by molar-refractivity contribution is -0.141. The first-order valence-electron chi connectivity index (χ1n) is 7.74. The second kappa shape index (κ2) is 8.26. The average Bonchev–Trinajstić information content (AvgIpc) is 2.63. The Balaban J connectivity index is 0.00000261. The lowest BCUT2D eigenvalue weighted by Gasteiger charge is -2.10. The van der Waals surface area contributed by atoms with Crippen LogP contribution in [0.1, 0.15) is 11.3 Å². The van der Waals surface area contributed by atoms with Gasteiger partial charge in [-0.25, -0.2) is 0 Å². The number of ether oxygens (including phenoxy) is 1. The van der Waals surface area contributed by atoms with Crippen LogP contribution in [-0.4, -0.2) is 16.7 Å². The van der Waals surface area contributed by atoms with E-state index in [-0.39, 0.29) is 24.5 Å². The van der Waals surface area contributed by atoms with Crippen molar-refractivity contribution in [2.24, 2.45) is 0 Å². The van der Waals surface area contributed by atoms with Crippen LogP contribution < -0.4 is 10.3 Å². The van der Waals surface area contributed by atoms with E-state index in [1.54, 1.807) is 19.4 Å². The van der Waals surface area contributed by atoms with Crippen molar-refractivity contribution in [3.05, 3.63) is 82.5 Å². The molecule has 0 bridgehead atoms. The Morgan fingerprint density at radius 1 is 1.00 bits per heavy atom. The monoisotopic (exact) mass is 396 g/mol. The Hall–Kier alpha value is -2.80. The smallest absolute Gasteiger partial charge is 0.433 e. The predicted molar refractivity (Wildman–Crippen MR) is 98.3 cm³/mol. The summed E-state index contributed by atoms with van der Waals surface area (Å²) in [5, 5.41) is 0. The van der Waals surface area contributed by atoms with Gasteiger partial charge < -0.3 is 9.30 Å². The van der Waals surface area contributed by atoms with Crippen molar-refractivity contribution in [1.29, 1.82) is 0 Å². The lowest BCUT2D eigenvalue weighted by Crippen LogP contribution is -2.19. The number of nitrogens with zero attached hydrogens (tertiary/aromatic N) is 2. The summed E-state index contributed by atoms with van der Waals surface area (Å²) in [6.45, 7) is 0.133. The molecule has 1 aromatic carbocycles. The maximum absolute atomic E-state index is 12.6. The van der Waals surface area contributed by atoms with E-state index in [9.17, 15) is 18.0 Å². The maximum Gasteiger partial charge on any atom is 0.433 e. The van der Waals surface area contributed by atoms with Gasteiger partial charge in [0.15, 0.2) is 0 Å². The molecular weight excluding hydrogens is 381 g/mol. The Morgan fingerprint density at radius 3 is 2.22 bits per heavy atom. The van der Waals surface area contributed by atoms with Crippen LogP contribution in [0.5, 0.6) is 5.75 Å². The van der Waals surface area contributed by atoms with Crippen molar-refractivity contribution < 1.29 is 17.9 Å². The number of methoxy groups -OCH3 is 1. The standard InChI is InChI=1S/C19H15F3N2O2.ClH/c1-26-16-6-3-14(4-7-16)15-5-9-18(25)24(12-15)11-13-2-8-17(23-10-13)19(20,21)22;/h2-10,12H,11H2,1H3;1H. The van der Waals surface area contributed by atoms with Gasteiger partial charge in [0.2, 0.25) is 0 Å². The van der Waals surface area contributed by atoms with E-state index in [0.717, 1.165) is 29.1 Å². The van der Waals surface area contributed by atoms with Crippen molar-refractivity contribution in [2.75, 3.05) is 7.11 Å². The second-order valence-electron chi connectivity index (χ2n) is 5.66. The molecule has 0 N–H and O–H groups in total. The fraction of sp³-hybridized carbons (Fsp3) is 0.158. The first-order chi connectivity index (χ1) is 12.4. The van der Waals surface area contributed by atoms with Crippen molar-refractivity contribution in [1.82, 2.24) is 9.55 Å². The normalized spacial score (nSPS) is 11.0. The molecule has 0 aliphatic heterocycles. The lowest BCUT2D eigenvalue weighted by atomic mass is 10.1. The summed E-state index contributed by atoms with van der Waals surface area (Å²) in [7, 11) is 1.58. The SMILES string of the molecule is COc1ccc(-c2ccc(=O)n(Cc3ccc(C(F)(F)F)nc3)c2)cc1.Cl. The molecule has 0 aliphatic carbocycles. The molecule has 2 aromatic heterocycles. The number of alkyl halides is 3. The number of aromatic nitrogens is 2. The van der Waals surface area contributed by atoms with E-state index in [0.29, 0.717) is 5.56 Å². The molecule has 142 valence electrons. The topological polar surface area (TPSA) is 44.1 Å². The third-order valence-electron chi connectivity index (χ3n) is 3.87. The van der Waals surface area contributed by atoms with Crippen LogP contribution in [0.25, 0.3) is 11.1 Å². The summed E-state index contributed by atoms with van der Waals surface area (Å²) in [5.74, 6) is 0.720. The Bertz CT molecular complexity index is 952. The van der Waals surface area contributed by atoms with Crippen LogP contribution in [0.2, 0.25) is 0 Å². The van der Waals surface area contributed by atoms with Gasteiger partial charge in [0.25, 0.3) is 5.56 Å². The van der Waals surface area contributed by atoms with Gasteiger partial charge in [-0.1, -0.05) is 18.2 Å². The van der Waals surface area contributed by atoms with Gasteiger partial charge in [0, 0.05) is 18.5 Å². The van der Waals surface area contributed by atoms with Crippen molar-refractivity contribution in [2.45, 2.75) is 12.7 Å². The largest absolute Gasteiger partial charge is 0.497 e. The Labute approximate surface area is 159 Å². The molecule has 0 aliphatic rings. The zero-order chi connectivity index (χ0) is 18.7. The fourth-order valence-corrected chi connectivity index (χ4v) is 2.49. The van der Waals surface area contributed by atoms with E-state index >= 15 is 0 Å². The highest BCUT2D eigenvalue weighted by Crippen LogP contribution is 2.27. The molecule has 0 unspecified atom stereocenters. The number of pyridine rings is 2. The molecule has 0 saturated carbocycles. The number of halogens is 4. The van der Waals surface area contributed by atoms with E-state index < -0.39 is 11.9 Å². The summed E-state index contributed by atoms with van der Waals surface area (Å²) < 4.78 is 44.3. The van der Waals surface area contributed by atoms with Crippen molar-refractivity contribution in [3.8, 4) is 16.9 Å². The van der Waals surface area contributed by atoms with Gasteiger partial charge in [-0.05, 0) is 41.0 Å². The zero-order valence-corrected chi connectivity index (χ0v) is 15.1. The minimum absolute atomic E-state index is 0. The van der Waals surface area contributed by atoms with Crippen LogP contribution in [0.3, 0.4) is 0 Å². The van der Waals surface area contributed by atoms with Crippen LogP contribution in [-0.2, 0) is 12.7 Å². The number of rotatable bonds is 4. The summed E-state index contributed by atoms with van der Waals surface area (Å²) >= 11 is 0. The van der Waals surface area contributed by atoms with Crippen molar-refractivity contribution in [3.63, 3.8) is 0 Å². The quantitative estimate of drug-likeness (QED) is 0.656. The van der Waals surface area contributed by atoms with E-state index in [1.807, 2.05) is 24.3 Å². The summed E-state index contributed by atoms with van der Waals surface area (Å²) in [6.07, 6.45) is -1.68. The minimum Gasteiger partial charge on any atom is -0.497 e. The molecule has 0 saturated heterocycles. The molecule has 8 heteroatoms. The third-order valence-corrected chi connectivity index (χ3v) is 3.87. The van der Waals surface area contributed by atoms with Gasteiger partial charge in [-0.15, -0.1) is 12.4 Å². The van der Waals surface area contributed by atoms with Crippen LogP contribution >= 0.6 is 12.4 Å². The van der Waals surface area contributed by atoms with Gasteiger partial charge >= 0.3 is 6.18 Å². The van der Waals surface area contributed by atoms with Gasteiger partial charge in [0.05, 0.1) is 13.7 Å². The molecule has 2 heterocycles. The highest BCUT2D eigenvalue weighted by molar-refractivity contribution is 5.85. The first-order valence-corrected chi connectivity index (χ1v) is 7.74. The molecule has 0 fully saturated rings. The highest BCUT2D eigenvalue weighted by atomic mass is 35.5. The molecule has 4 nitrogen and oxygen atoms in total. The summed E-state index contributed by atoms with van der Waals surface area (Å²) in [5.41, 5.74) is 1.01. The average molecular weight is 397 g/mol. The molecule has 0 radical (unpaired) electrons. The van der Waals surface area contributed by atoms with Gasteiger partial charge in [0.1, 0.15) is 11.4 Å². The molecule has 3 rings (SSSR count). The predicted octanol–water partition coefficient (Wildman–Crippen LogP) is 4.41. The minimum atomic E-state index is -4.48. The van der Waals surface area contributed by atoms with Gasteiger partial charge in [-0.2, -0.15) is 13.2 Å². The third kappa shape index (κ3) is 4.89. The number of hydrogen-bond acceptors (Lipinski definition) is 3. The van der Waals surface area contributed by atoms with Crippen LogP contribution in [0.15, 0.2) is 65.7 Å². The molecule has 3 aromatic rings. The maximum atomic E-state index is 12.6. The highest BCUT2D eigenvalue weighted by Gasteiger charge is 2.31. The van der Waals surface area contributed by atoms with Crippen LogP contribution in [0.4, 0.5) is 13.2 Å². The Kier molecular flexibility index (Phi) is 6.28. The second-order valence-corrected chi connectivity index (χ2v) is 5.66. The van der Waals surface area contributed by atoms with Crippen molar-refractivity contribution >= 4 is 12.4 Å². The Morgan fingerprint density at radius 2 is 1.67 bits per heavy atom. The molecule has 0 amide bonds. The van der Waals surface area contributed by atoms with Crippen LogP contribution in [0, 0.1) is 0 Å². The fourth-order valence-electron chi connectivity index (χ4n) is 2.49. The number of hydrogen-bond donors (Lipinski definition) is 0. The molecular formula is C19H16ClF3N2O2. The first kappa shape index (κ1) is 20.5. The summed E-state index contributed by atoms with van der Waals surface area (Å²) in [6, 6.07) is 12.7. The zero-order valence-electron chi connectivity index (χ0n) is 14.2. The summed E-state index contributed by atoms with van der Waals surface area (Å²) in [4.78, 5) is 15.5. The molecule has 0 spiro atoms. The molecule has 27 heavy (non-hydrogen) atoms. The van der Waals surface area contributed by atoms with E-state index in [1.165, 1.54) is 16.7 Å². The molecule has 0 atom stereocenters. The van der Waals surface area contributed by atoms with E-state index in [2.05, 4.69) is 4.98 Å². The van der Waals surface area contributed by atoms with Gasteiger partial charge in [-0.3, -0.25) is 9.78 Å².